The Hall–Kier alpha value is -1.29. The van der Waals surface area contributed by atoms with Crippen LogP contribution in [0.1, 0.15) is 12.1 Å². The van der Waals surface area contributed by atoms with Crippen LogP contribution in [0.25, 0.3) is 0 Å². The molecule has 0 bridgehead atoms. The van der Waals surface area contributed by atoms with Gasteiger partial charge < -0.3 is 15.6 Å². The van der Waals surface area contributed by atoms with Crippen LogP contribution in [-0.2, 0) is 11.3 Å². The summed E-state index contributed by atoms with van der Waals surface area (Å²) >= 11 is 0. The highest BCUT2D eigenvalue weighted by Gasteiger charge is 2.28. The third kappa shape index (κ3) is 1.80. The summed E-state index contributed by atoms with van der Waals surface area (Å²) < 4.78 is 0. The van der Waals surface area contributed by atoms with Crippen molar-refractivity contribution in [2.45, 2.75) is 13.0 Å². The van der Waals surface area contributed by atoms with E-state index in [-0.39, 0.29) is 5.91 Å². The molecule has 4 heteroatoms. The molecule has 1 saturated heterocycles. The Labute approximate surface area is 83.1 Å². The van der Waals surface area contributed by atoms with Gasteiger partial charge in [0.05, 0.1) is 6.54 Å². The van der Waals surface area contributed by atoms with Gasteiger partial charge in [-0.15, -0.1) is 0 Å². The number of rotatable bonds is 3. The summed E-state index contributed by atoms with van der Waals surface area (Å²) in [4.78, 5) is 16.5. The fraction of sp³-hybridized carbons (Fsp3) is 0.500. The van der Waals surface area contributed by atoms with E-state index >= 15 is 0 Å². The zero-order chi connectivity index (χ0) is 9.97. The van der Waals surface area contributed by atoms with Gasteiger partial charge in [0.25, 0.3) is 0 Å². The van der Waals surface area contributed by atoms with Gasteiger partial charge in [-0.3, -0.25) is 4.79 Å². The molecule has 0 aliphatic carbocycles. The van der Waals surface area contributed by atoms with Gasteiger partial charge in [-0.2, -0.15) is 0 Å². The molecule has 4 nitrogen and oxygen atoms in total. The van der Waals surface area contributed by atoms with Crippen molar-refractivity contribution in [3.8, 4) is 0 Å². The van der Waals surface area contributed by atoms with Crippen molar-refractivity contribution >= 4 is 5.91 Å². The monoisotopic (exact) mass is 193 g/mol. The van der Waals surface area contributed by atoms with E-state index in [2.05, 4.69) is 4.98 Å². The fourth-order valence-corrected chi connectivity index (χ4v) is 1.84. The van der Waals surface area contributed by atoms with Crippen molar-refractivity contribution in [3.63, 3.8) is 0 Å². The Balaban J connectivity index is 1.96. The highest BCUT2D eigenvalue weighted by atomic mass is 16.2. The van der Waals surface area contributed by atoms with Crippen LogP contribution in [0.2, 0.25) is 0 Å². The number of amides is 1. The molecular formula is C10H15N3O. The number of hydrogen-bond acceptors (Lipinski definition) is 2. The summed E-state index contributed by atoms with van der Waals surface area (Å²) in [5.41, 5.74) is 6.62. The molecular weight excluding hydrogens is 178 g/mol. The molecule has 76 valence electrons. The third-order valence-corrected chi connectivity index (χ3v) is 2.65. The van der Waals surface area contributed by atoms with E-state index in [9.17, 15) is 4.79 Å². The average molecular weight is 193 g/mol. The molecule has 1 aliphatic heterocycles. The summed E-state index contributed by atoms with van der Waals surface area (Å²) in [6, 6.07) is 3.93. The lowest BCUT2D eigenvalue weighted by molar-refractivity contribution is -0.128. The number of nitrogens with zero attached hydrogens (tertiary/aromatic N) is 1. The third-order valence-electron chi connectivity index (χ3n) is 2.65. The van der Waals surface area contributed by atoms with E-state index < -0.39 is 0 Å². The quantitative estimate of drug-likeness (QED) is 0.726. The van der Waals surface area contributed by atoms with Gasteiger partial charge >= 0.3 is 0 Å². The predicted molar refractivity (Wildman–Crippen MR) is 53.4 cm³/mol. The van der Waals surface area contributed by atoms with Crippen molar-refractivity contribution in [2.75, 3.05) is 13.1 Å². The maximum atomic E-state index is 11.5. The molecule has 0 spiro atoms. The van der Waals surface area contributed by atoms with Gasteiger partial charge in [-0.05, 0) is 24.6 Å². The Morgan fingerprint density at radius 3 is 3.07 bits per heavy atom. The molecule has 2 rings (SSSR count). The lowest BCUT2D eigenvalue weighted by atomic mass is 10.1. The molecule has 2 heterocycles. The molecule has 0 radical (unpaired) electrons. The minimum absolute atomic E-state index is 0.218. The zero-order valence-corrected chi connectivity index (χ0v) is 8.07. The van der Waals surface area contributed by atoms with Crippen LogP contribution in [0.15, 0.2) is 18.3 Å². The first-order chi connectivity index (χ1) is 6.79. The van der Waals surface area contributed by atoms with Gasteiger partial charge in [0.15, 0.2) is 0 Å². The number of aromatic nitrogens is 1. The molecule has 3 N–H and O–H groups in total. The summed E-state index contributed by atoms with van der Waals surface area (Å²) in [7, 11) is 0. The second-order valence-electron chi connectivity index (χ2n) is 3.78. The first kappa shape index (κ1) is 9.27. The van der Waals surface area contributed by atoms with Crippen molar-refractivity contribution in [1.29, 1.82) is 0 Å². The minimum atomic E-state index is 0.218. The summed E-state index contributed by atoms with van der Waals surface area (Å²) in [6.07, 6.45) is 2.48. The van der Waals surface area contributed by atoms with Gasteiger partial charge in [0.2, 0.25) is 5.91 Å². The van der Waals surface area contributed by atoms with Crippen molar-refractivity contribution < 1.29 is 4.79 Å². The van der Waals surface area contributed by atoms with Gasteiger partial charge in [-0.1, -0.05) is 0 Å². The number of carbonyl (C=O) groups excluding carboxylic acids is 1. The van der Waals surface area contributed by atoms with Gasteiger partial charge in [-0.25, -0.2) is 0 Å². The van der Waals surface area contributed by atoms with Crippen LogP contribution in [0, 0.1) is 5.92 Å². The summed E-state index contributed by atoms with van der Waals surface area (Å²) in [6.45, 7) is 2.09. The molecule has 1 atom stereocenters. The fourth-order valence-electron chi connectivity index (χ4n) is 1.84. The van der Waals surface area contributed by atoms with Crippen LogP contribution < -0.4 is 5.73 Å². The Morgan fingerprint density at radius 1 is 1.64 bits per heavy atom. The normalized spacial score (nSPS) is 21.9. The number of aromatic amines is 1. The molecule has 1 fully saturated rings. The molecule has 0 saturated carbocycles. The van der Waals surface area contributed by atoms with E-state index in [0.29, 0.717) is 25.4 Å². The number of hydrogen-bond donors (Lipinski definition) is 2. The molecule has 1 aromatic rings. The average Bonchev–Trinajstić information content (AvgIpc) is 2.78. The molecule has 1 aromatic heterocycles. The molecule has 0 aromatic carbocycles. The second-order valence-corrected chi connectivity index (χ2v) is 3.78. The Bertz CT molecular complexity index is 307. The van der Waals surface area contributed by atoms with Crippen LogP contribution in [-0.4, -0.2) is 28.9 Å². The maximum Gasteiger partial charge on any atom is 0.223 e. The predicted octanol–water partition coefficient (Wildman–Crippen LogP) is 0.322. The number of carbonyl (C=O) groups is 1. The van der Waals surface area contributed by atoms with Gasteiger partial charge in [0, 0.05) is 24.9 Å². The van der Waals surface area contributed by atoms with Gasteiger partial charge in [0.1, 0.15) is 0 Å². The SMILES string of the molecule is NCC1CC(=O)N(Cc2ccc[nH]2)C1. The first-order valence-corrected chi connectivity index (χ1v) is 4.89. The van der Waals surface area contributed by atoms with E-state index in [4.69, 9.17) is 5.73 Å². The molecule has 1 unspecified atom stereocenters. The zero-order valence-electron chi connectivity index (χ0n) is 8.07. The summed E-state index contributed by atoms with van der Waals surface area (Å²) in [5.74, 6) is 0.563. The first-order valence-electron chi connectivity index (χ1n) is 4.89. The number of H-pyrrole nitrogens is 1. The van der Waals surface area contributed by atoms with E-state index in [0.717, 1.165) is 12.2 Å². The van der Waals surface area contributed by atoms with E-state index in [1.807, 2.05) is 23.2 Å². The largest absolute Gasteiger partial charge is 0.364 e. The van der Waals surface area contributed by atoms with Crippen LogP contribution in [0.4, 0.5) is 0 Å². The lowest BCUT2D eigenvalue weighted by Gasteiger charge is -2.15. The van der Waals surface area contributed by atoms with Crippen molar-refractivity contribution in [2.24, 2.45) is 11.7 Å². The topological polar surface area (TPSA) is 62.1 Å². The molecule has 1 amide bonds. The Kier molecular flexibility index (Phi) is 2.54. The minimum Gasteiger partial charge on any atom is -0.364 e. The number of likely N-dealkylation sites (tertiary alicyclic amines) is 1. The second kappa shape index (κ2) is 3.84. The maximum absolute atomic E-state index is 11.5. The van der Waals surface area contributed by atoms with Crippen LogP contribution in [0.5, 0.6) is 0 Å². The molecule has 1 aliphatic rings. The lowest BCUT2D eigenvalue weighted by Crippen LogP contribution is -2.25. The van der Waals surface area contributed by atoms with E-state index in [1.54, 1.807) is 0 Å². The van der Waals surface area contributed by atoms with Crippen LogP contribution in [0.3, 0.4) is 0 Å². The van der Waals surface area contributed by atoms with Crippen molar-refractivity contribution in [3.05, 3.63) is 24.0 Å². The standard InChI is InChI=1S/C10H15N3O/c11-5-8-4-10(14)13(6-8)7-9-2-1-3-12-9/h1-3,8,12H,4-7,11H2. The smallest absolute Gasteiger partial charge is 0.223 e. The number of nitrogens with two attached hydrogens (primary N) is 1. The highest BCUT2D eigenvalue weighted by Crippen LogP contribution is 2.18. The van der Waals surface area contributed by atoms with E-state index in [1.165, 1.54) is 0 Å². The summed E-state index contributed by atoms with van der Waals surface area (Å²) in [5, 5.41) is 0. The Morgan fingerprint density at radius 2 is 2.50 bits per heavy atom. The number of nitrogens with one attached hydrogen (secondary N) is 1. The molecule has 14 heavy (non-hydrogen) atoms. The van der Waals surface area contributed by atoms with Crippen LogP contribution >= 0.6 is 0 Å². The van der Waals surface area contributed by atoms with Crippen molar-refractivity contribution in [1.82, 2.24) is 9.88 Å². The highest BCUT2D eigenvalue weighted by molar-refractivity contribution is 5.78.